The highest BCUT2D eigenvalue weighted by molar-refractivity contribution is 5.64. The molecule has 0 aromatic carbocycles. The Morgan fingerprint density at radius 3 is 2.89 bits per heavy atom. The van der Waals surface area contributed by atoms with E-state index in [0.717, 1.165) is 5.92 Å². The Balaban J connectivity index is 2.09. The van der Waals surface area contributed by atoms with Crippen molar-refractivity contribution in [2.45, 2.75) is 32.1 Å². The highest BCUT2D eigenvalue weighted by Gasteiger charge is 2.54. The molecule has 0 unspecified atom stereocenters. The predicted octanol–water partition coefficient (Wildman–Crippen LogP) is 1.77. The maximum absolute atomic E-state index is 10.5. The van der Waals surface area contributed by atoms with Crippen LogP contribution >= 0.6 is 0 Å². The van der Waals surface area contributed by atoms with Crippen molar-refractivity contribution >= 4 is 6.29 Å². The Morgan fingerprint density at radius 1 is 1.44 bits per heavy atom. The minimum Gasteiger partial charge on any atom is -0.303 e. The lowest BCUT2D eigenvalue weighted by Crippen LogP contribution is -2.09. The number of aldehydes is 1. The zero-order valence-corrected chi connectivity index (χ0v) is 5.60. The average molecular weight is 124 g/mol. The highest BCUT2D eigenvalue weighted by atomic mass is 16.1. The van der Waals surface area contributed by atoms with Crippen molar-refractivity contribution in [3.05, 3.63) is 0 Å². The summed E-state index contributed by atoms with van der Waals surface area (Å²) in [5.74, 6) is 0.795. The lowest BCUT2D eigenvalue weighted by Gasteiger charge is -2.14. The van der Waals surface area contributed by atoms with E-state index in [1.54, 1.807) is 0 Å². The molecular weight excluding hydrogens is 112 g/mol. The maximum Gasteiger partial charge on any atom is 0.126 e. The van der Waals surface area contributed by atoms with E-state index in [-0.39, 0.29) is 5.41 Å². The summed E-state index contributed by atoms with van der Waals surface area (Å²) in [7, 11) is 0. The Labute approximate surface area is 55.4 Å². The van der Waals surface area contributed by atoms with E-state index in [1.807, 2.05) is 0 Å². The van der Waals surface area contributed by atoms with E-state index < -0.39 is 0 Å². The summed E-state index contributed by atoms with van der Waals surface area (Å²) >= 11 is 0. The number of carbonyl (C=O) groups is 1. The van der Waals surface area contributed by atoms with Crippen LogP contribution in [-0.2, 0) is 4.79 Å². The van der Waals surface area contributed by atoms with Gasteiger partial charge in [-0.3, -0.25) is 0 Å². The molecule has 2 aliphatic carbocycles. The molecule has 0 radical (unpaired) electrons. The van der Waals surface area contributed by atoms with Crippen LogP contribution in [-0.4, -0.2) is 6.29 Å². The van der Waals surface area contributed by atoms with Crippen molar-refractivity contribution in [3.63, 3.8) is 0 Å². The zero-order valence-electron chi connectivity index (χ0n) is 5.60. The van der Waals surface area contributed by atoms with E-state index in [1.165, 1.54) is 38.4 Å². The predicted molar refractivity (Wildman–Crippen MR) is 35.1 cm³/mol. The number of rotatable bonds is 1. The van der Waals surface area contributed by atoms with Gasteiger partial charge in [0.2, 0.25) is 0 Å². The molecule has 2 aliphatic rings. The van der Waals surface area contributed by atoms with Gasteiger partial charge in [0.05, 0.1) is 0 Å². The number of carbonyl (C=O) groups excluding carboxylic acids is 1. The van der Waals surface area contributed by atoms with Gasteiger partial charge in [0.15, 0.2) is 0 Å². The summed E-state index contributed by atoms with van der Waals surface area (Å²) in [5, 5.41) is 0. The smallest absolute Gasteiger partial charge is 0.126 e. The molecule has 0 aliphatic heterocycles. The van der Waals surface area contributed by atoms with Gasteiger partial charge in [0.1, 0.15) is 6.29 Å². The van der Waals surface area contributed by atoms with Gasteiger partial charge in [-0.05, 0) is 25.2 Å². The molecule has 0 aromatic heterocycles. The summed E-state index contributed by atoms with van der Waals surface area (Å²) in [4.78, 5) is 10.5. The third-order valence-electron chi connectivity index (χ3n) is 2.96. The van der Waals surface area contributed by atoms with Crippen LogP contribution in [0.25, 0.3) is 0 Å². The van der Waals surface area contributed by atoms with Crippen LogP contribution in [0.4, 0.5) is 0 Å². The SMILES string of the molecule is O=C[C@@]12CCCC[C@H]1C2. The second-order valence-electron chi connectivity index (χ2n) is 3.50. The third-order valence-corrected chi connectivity index (χ3v) is 2.96. The molecule has 2 saturated carbocycles. The van der Waals surface area contributed by atoms with Crippen molar-refractivity contribution in [2.24, 2.45) is 11.3 Å². The molecule has 0 amide bonds. The summed E-state index contributed by atoms with van der Waals surface area (Å²) < 4.78 is 0. The minimum atomic E-state index is 0.207. The van der Waals surface area contributed by atoms with Crippen LogP contribution in [0.1, 0.15) is 32.1 Å². The van der Waals surface area contributed by atoms with Crippen LogP contribution in [0.15, 0.2) is 0 Å². The van der Waals surface area contributed by atoms with Crippen LogP contribution in [0.2, 0.25) is 0 Å². The van der Waals surface area contributed by atoms with Gasteiger partial charge in [-0.15, -0.1) is 0 Å². The molecule has 1 heteroatoms. The van der Waals surface area contributed by atoms with Crippen molar-refractivity contribution < 1.29 is 4.79 Å². The first-order valence-corrected chi connectivity index (χ1v) is 3.84. The van der Waals surface area contributed by atoms with Crippen LogP contribution < -0.4 is 0 Å². The van der Waals surface area contributed by atoms with E-state index in [2.05, 4.69) is 0 Å². The molecule has 0 aromatic rings. The largest absolute Gasteiger partial charge is 0.303 e. The number of hydrogen-bond acceptors (Lipinski definition) is 1. The standard InChI is InChI=1S/C8H12O/c9-6-8-4-2-1-3-7(8)5-8/h6-7H,1-5H2/t7-,8-/m0/s1. The first-order chi connectivity index (χ1) is 4.37. The second kappa shape index (κ2) is 1.59. The Bertz CT molecular complexity index is 142. The molecule has 9 heavy (non-hydrogen) atoms. The second-order valence-corrected chi connectivity index (χ2v) is 3.50. The highest BCUT2D eigenvalue weighted by Crippen LogP contribution is 2.59. The summed E-state index contributed by atoms with van der Waals surface area (Å²) in [6.07, 6.45) is 7.56. The summed E-state index contributed by atoms with van der Waals surface area (Å²) in [6, 6.07) is 0. The first kappa shape index (κ1) is 5.45. The fourth-order valence-electron chi connectivity index (χ4n) is 2.14. The van der Waals surface area contributed by atoms with E-state index in [9.17, 15) is 4.79 Å². The molecule has 2 atom stereocenters. The van der Waals surface area contributed by atoms with Gasteiger partial charge >= 0.3 is 0 Å². The van der Waals surface area contributed by atoms with E-state index in [4.69, 9.17) is 0 Å². The quantitative estimate of drug-likeness (QED) is 0.487. The third kappa shape index (κ3) is 0.637. The molecular formula is C8H12O. The van der Waals surface area contributed by atoms with E-state index >= 15 is 0 Å². The van der Waals surface area contributed by atoms with Crippen molar-refractivity contribution in [1.29, 1.82) is 0 Å². The molecule has 0 spiro atoms. The number of hydrogen-bond donors (Lipinski definition) is 0. The van der Waals surface area contributed by atoms with Gasteiger partial charge in [-0.1, -0.05) is 12.8 Å². The van der Waals surface area contributed by atoms with Crippen LogP contribution in [0, 0.1) is 11.3 Å². The van der Waals surface area contributed by atoms with Crippen LogP contribution in [0.5, 0.6) is 0 Å². The fraction of sp³-hybridized carbons (Fsp3) is 0.875. The normalized spacial score (nSPS) is 47.8. The van der Waals surface area contributed by atoms with Crippen molar-refractivity contribution in [3.8, 4) is 0 Å². The maximum atomic E-state index is 10.5. The van der Waals surface area contributed by atoms with Gasteiger partial charge in [-0.25, -0.2) is 0 Å². The van der Waals surface area contributed by atoms with Crippen molar-refractivity contribution in [2.75, 3.05) is 0 Å². The topological polar surface area (TPSA) is 17.1 Å². The van der Waals surface area contributed by atoms with Gasteiger partial charge < -0.3 is 4.79 Å². The fourth-order valence-corrected chi connectivity index (χ4v) is 2.14. The summed E-state index contributed by atoms with van der Waals surface area (Å²) in [5.41, 5.74) is 0.207. The molecule has 2 fully saturated rings. The van der Waals surface area contributed by atoms with E-state index in [0.29, 0.717) is 0 Å². The lowest BCUT2D eigenvalue weighted by molar-refractivity contribution is -0.113. The first-order valence-electron chi connectivity index (χ1n) is 3.84. The van der Waals surface area contributed by atoms with Gasteiger partial charge in [0.25, 0.3) is 0 Å². The molecule has 50 valence electrons. The molecule has 0 heterocycles. The average Bonchev–Trinajstić information content (AvgIpc) is 2.62. The Kier molecular flexibility index (Phi) is 0.961. The molecule has 0 saturated heterocycles. The Hall–Kier alpha value is -0.330. The lowest BCUT2D eigenvalue weighted by atomic mass is 9.90. The summed E-state index contributed by atoms with van der Waals surface area (Å²) in [6.45, 7) is 0. The molecule has 0 bridgehead atoms. The zero-order chi connectivity index (χ0) is 6.32. The minimum absolute atomic E-state index is 0.207. The number of fused-ring (bicyclic) bond motifs is 1. The van der Waals surface area contributed by atoms with Crippen molar-refractivity contribution in [1.82, 2.24) is 0 Å². The van der Waals surface area contributed by atoms with Gasteiger partial charge in [0, 0.05) is 5.41 Å². The molecule has 1 nitrogen and oxygen atoms in total. The van der Waals surface area contributed by atoms with Crippen LogP contribution in [0.3, 0.4) is 0 Å². The Morgan fingerprint density at radius 2 is 2.33 bits per heavy atom. The van der Waals surface area contributed by atoms with Gasteiger partial charge in [-0.2, -0.15) is 0 Å². The monoisotopic (exact) mass is 124 g/mol. The molecule has 0 N–H and O–H groups in total. The molecule has 2 rings (SSSR count).